The Labute approximate surface area is 82.2 Å². The summed E-state index contributed by atoms with van der Waals surface area (Å²) >= 11 is 0. The van der Waals surface area contributed by atoms with E-state index in [1.807, 2.05) is 28.8 Å². The van der Waals surface area contributed by atoms with Gasteiger partial charge in [-0.25, -0.2) is 4.98 Å². The zero-order valence-corrected chi connectivity index (χ0v) is 7.85. The zero-order valence-electron chi connectivity index (χ0n) is 7.85. The second-order valence-corrected chi connectivity index (χ2v) is 3.07. The monoisotopic (exact) mass is 191 g/mol. The van der Waals surface area contributed by atoms with Gasteiger partial charge in [-0.05, 0) is 18.6 Å². The smallest absolute Gasteiger partial charge is 0.138 e. The Balaban J connectivity index is 2.19. The number of hydrogen-bond acceptors (Lipinski definition) is 3. The highest BCUT2D eigenvalue weighted by Gasteiger charge is 1.98. The van der Waals surface area contributed by atoms with Crippen LogP contribution in [0.3, 0.4) is 0 Å². The summed E-state index contributed by atoms with van der Waals surface area (Å²) in [6.45, 7) is 0.987. The van der Waals surface area contributed by atoms with Gasteiger partial charge in [0, 0.05) is 25.5 Å². The number of aliphatic hydroxyl groups excluding tert-OH is 1. The van der Waals surface area contributed by atoms with Crippen molar-refractivity contribution in [2.75, 3.05) is 18.5 Å². The zero-order chi connectivity index (χ0) is 9.80. The van der Waals surface area contributed by atoms with Gasteiger partial charge in [0.25, 0.3) is 0 Å². The summed E-state index contributed by atoms with van der Waals surface area (Å²) in [5.74, 6) is 1.01. The molecule has 0 saturated heterocycles. The first kappa shape index (κ1) is 9.02. The second-order valence-electron chi connectivity index (χ2n) is 3.07. The topological polar surface area (TPSA) is 49.6 Å². The van der Waals surface area contributed by atoms with Crippen LogP contribution >= 0.6 is 0 Å². The van der Waals surface area contributed by atoms with Gasteiger partial charge in [-0.2, -0.15) is 0 Å². The third kappa shape index (κ3) is 1.70. The first-order chi connectivity index (χ1) is 6.92. The highest BCUT2D eigenvalue weighted by molar-refractivity contribution is 5.49. The molecule has 0 aliphatic rings. The molecule has 0 saturated carbocycles. The average molecular weight is 191 g/mol. The van der Waals surface area contributed by atoms with Crippen molar-refractivity contribution in [1.29, 1.82) is 0 Å². The summed E-state index contributed by atoms with van der Waals surface area (Å²) in [6, 6.07) is 5.91. The van der Waals surface area contributed by atoms with Crippen LogP contribution < -0.4 is 5.32 Å². The summed E-state index contributed by atoms with van der Waals surface area (Å²) in [5, 5.41) is 11.9. The molecule has 2 heterocycles. The van der Waals surface area contributed by atoms with Crippen molar-refractivity contribution in [3.05, 3.63) is 30.6 Å². The molecular formula is C10H13N3O. The molecule has 0 radical (unpaired) electrons. The SMILES string of the molecule is OCCCNc1cccc2nccn12. The fourth-order valence-electron chi connectivity index (χ4n) is 1.39. The maximum absolute atomic E-state index is 8.66. The highest BCUT2D eigenvalue weighted by Crippen LogP contribution is 2.10. The molecule has 4 nitrogen and oxygen atoms in total. The predicted octanol–water partition coefficient (Wildman–Crippen LogP) is 1.13. The molecule has 74 valence electrons. The lowest BCUT2D eigenvalue weighted by molar-refractivity contribution is 0.292. The maximum atomic E-state index is 8.66. The van der Waals surface area contributed by atoms with Gasteiger partial charge in [0.1, 0.15) is 11.5 Å². The van der Waals surface area contributed by atoms with Crippen LogP contribution in [0.1, 0.15) is 6.42 Å². The molecule has 0 fully saturated rings. The van der Waals surface area contributed by atoms with Gasteiger partial charge in [-0.3, -0.25) is 4.40 Å². The van der Waals surface area contributed by atoms with E-state index in [-0.39, 0.29) is 6.61 Å². The van der Waals surface area contributed by atoms with E-state index in [0.717, 1.165) is 24.4 Å². The number of pyridine rings is 1. The molecule has 4 heteroatoms. The van der Waals surface area contributed by atoms with Crippen LogP contribution in [0, 0.1) is 0 Å². The van der Waals surface area contributed by atoms with Crippen molar-refractivity contribution in [1.82, 2.24) is 9.38 Å². The van der Waals surface area contributed by atoms with Gasteiger partial charge in [0.2, 0.25) is 0 Å². The number of fused-ring (bicyclic) bond motifs is 1. The molecule has 0 atom stereocenters. The van der Waals surface area contributed by atoms with E-state index in [2.05, 4.69) is 10.3 Å². The molecular weight excluding hydrogens is 178 g/mol. The Hall–Kier alpha value is -1.55. The largest absolute Gasteiger partial charge is 0.396 e. The van der Waals surface area contributed by atoms with Gasteiger partial charge in [0.05, 0.1) is 0 Å². The first-order valence-corrected chi connectivity index (χ1v) is 4.68. The Morgan fingerprint density at radius 2 is 2.36 bits per heavy atom. The molecule has 0 spiro atoms. The van der Waals surface area contributed by atoms with E-state index in [4.69, 9.17) is 5.11 Å². The van der Waals surface area contributed by atoms with Crippen molar-refractivity contribution < 1.29 is 5.11 Å². The van der Waals surface area contributed by atoms with Gasteiger partial charge in [-0.15, -0.1) is 0 Å². The fraction of sp³-hybridized carbons (Fsp3) is 0.300. The van der Waals surface area contributed by atoms with Crippen LogP contribution in [0.25, 0.3) is 5.65 Å². The van der Waals surface area contributed by atoms with Crippen LogP contribution in [0.5, 0.6) is 0 Å². The number of anilines is 1. The van der Waals surface area contributed by atoms with Crippen molar-refractivity contribution in [2.24, 2.45) is 0 Å². The number of nitrogens with one attached hydrogen (secondary N) is 1. The van der Waals surface area contributed by atoms with Crippen molar-refractivity contribution in [3.63, 3.8) is 0 Å². The van der Waals surface area contributed by atoms with Crippen molar-refractivity contribution in [2.45, 2.75) is 6.42 Å². The molecule has 2 aromatic rings. The quantitative estimate of drug-likeness (QED) is 0.712. The summed E-state index contributed by atoms with van der Waals surface area (Å²) in [4.78, 5) is 4.18. The Morgan fingerprint density at radius 1 is 1.43 bits per heavy atom. The molecule has 0 aliphatic heterocycles. The molecule has 0 bridgehead atoms. The molecule has 2 N–H and O–H groups in total. The van der Waals surface area contributed by atoms with E-state index in [1.165, 1.54) is 0 Å². The summed E-state index contributed by atoms with van der Waals surface area (Å²) in [5.41, 5.74) is 0.930. The summed E-state index contributed by atoms with van der Waals surface area (Å²) in [7, 11) is 0. The first-order valence-electron chi connectivity index (χ1n) is 4.68. The lowest BCUT2D eigenvalue weighted by Crippen LogP contribution is -2.06. The molecule has 0 aromatic carbocycles. The third-order valence-electron chi connectivity index (χ3n) is 2.07. The average Bonchev–Trinajstić information content (AvgIpc) is 2.67. The second kappa shape index (κ2) is 4.11. The number of hydrogen-bond donors (Lipinski definition) is 2. The van der Waals surface area contributed by atoms with Gasteiger partial charge >= 0.3 is 0 Å². The predicted molar refractivity (Wildman–Crippen MR) is 55.4 cm³/mol. The summed E-state index contributed by atoms with van der Waals surface area (Å²) < 4.78 is 1.98. The van der Waals surface area contributed by atoms with E-state index in [0.29, 0.717) is 0 Å². The molecule has 14 heavy (non-hydrogen) atoms. The minimum Gasteiger partial charge on any atom is -0.396 e. The number of imidazole rings is 1. The number of rotatable bonds is 4. The fourth-order valence-corrected chi connectivity index (χ4v) is 1.39. The van der Waals surface area contributed by atoms with E-state index in [1.54, 1.807) is 6.20 Å². The van der Waals surface area contributed by atoms with E-state index < -0.39 is 0 Å². The molecule has 2 aromatic heterocycles. The van der Waals surface area contributed by atoms with Crippen LogP contribution in [-0.4, -0.2) is 27.6 Å². The lowest BCUT2D eigenvalue weighted by Gasteiger charge is -2.07. The number of nitrogens with zero attached hydrogens (tertiary/aromatic N) is 2. The molecule has 0 aliphatic carbocycles. The van der Waals surface area contributed by atoms with Crippen molar-refractivity contribution in [3.8, 4) is 0 Å². The molecule has 2 rings (SSSR count). The van der Waals surface area contributed by atoms with Crippen molar-refractivity contribution >= 4 is 11.5 Å². The van der Waals surface area contributed by atoms with E-state index in [9.17, 15) is 0 Å². The van der Waals surface area contributed by atoms with Crippen LogP contribution in [0.4, 0.5) is 5.82 Å². The minimum atomic E-state index is 0.215. The van der Waals surface area contributed by atoms with Gasteiger partial charge < -0.3 is 10.4 Å². The van der Waals surface area contributed by atoms with Crippen LogP contribution in [-0.2, 0) is 0 Å². The highest BCUT2D eigenvalue weighted by atomic mass is 16.3. The van der Waals surface area contributed by atoms with E-state index >= 15 is 0 Å². The third-order valence-corrected chi connectivity index (χ3v) is 2.07. The van der Waals surface area contributed by atoms with Crippen LogP contribution in [0.15, 0.2) is 30.6 Å². The summed E-state index contributed by atoms with van der Waals surface area (Å²) in [6.07, 6.45) is 4.44. The minimum absolute atomic E-state index is 0.215. The standard InChI is InChI=1S/C10H13N3O/c14-8-2-5-11-9-3-1-4-10-12-6-7-13(9)10/h1,3-4,6-7,11,14H,2,5,8H2. The Bertz CT molecular complexity index is 410. The normalized spacial score (nSPS) is 10.6. The van der Waals surface area contributed by atoms with Gasteiger partial charge in [0.15, 0.2) is 0 Å². The Morgan fingerprint density at radius 3 is 3.21 bits per heavy atom. The van der Waals surface area contributed by atoms with Gasteiger partial charge in [-0.1, -0.05) is 6.07 Å². The Kier molecular flexibility index (Phi) is 2.65. The molecule has 0 unspecified atom stereocenters. The lowest BCUT2D eigenvalue weighted by atomic mass is 10.4. The number of aromatic nitrogens is 2. The van der Waals surface area contributed by atoms with Crippen LogP contribution in [0.2, 0.25) is 0 Å². The number of aliphatic hydroxyl groups is 1. The molecule has 0 amide bonds. The maximum Gasteiger partial charge on any atom is 0.138 e.